The summed E-state index contributed by atoms with van der Waals surface area (Å²) in [6, 6.07) is 10.8. The monoisotopic (exact) mass is 606 g/mol. The van der Waals surface area contributed by atoms with Gasteiger partial charge in [0.05, 0.1) is 22.8 Å². The summed E-state index contributed by atoms with van der Waals surface area (Å²) in [4.78, 5) is 30.1. The number of carbonyl (C=O) groups is 2. The van der Waals surface area contributed by atoms with Crippen LogP contribution in [0.15, 0.2) is 54.7 Å². The number of sulfone groups is 1. The Labute approximate surface area is 236 Å². The molecule has 1 amide bonds. The maximum atomic E-state index is 13.5. The molecule has 41 heavy (non-hydrogen) atoms. The third kappa shape index (κ3) is 5.51. The number of nitrogens with one attached hydrogen (secondary N) is 1. The van der Waals surface area contributed by atoms with Crippen LogP contribution in [0.3, 0.4) is 0 Å². The van der Waals surface area contributed by atoms with Crippen molar-refractivity contribution in [3.8, 4) is 22.4 Å². The van der Waals surface area contributed by atoms with E-state index in [1.807, 2.05) is 0 Å². The van der Waals surface area contributed by atoms with E-state index in [0.717, 1.165) is 16.6 Å². The number of carboxylic acid groups (broad SMARTS) is 1. The summed E-state index contributed by atoms with van der Waals surface area (Å²) in [5, 5.41) is 17.2. The lowest BCUT2D eigenvalue weighted by molar-refractivity contribution is -0.137. The number of carbonyl (C=O) groups excluding carboxylic acids is 1. The predicted octanol–water partition coefficient (Wildman–Crippen LogP) is 5.13. The summed E-state index contributed by atoms with van der Waals surface area (Å²) >= 11 is 6.43. The van der Waals surface area contributed by atoms with Crippen molar-refractivity contribution in [1.82, 2.24) is 19.9 Å². The molecule has 2 aromatic heterocycles. The van der Waals surface area contributed by atoms with E-state index in [0.29, 0.717) is 16.1 Å². The van der Waals surface area contributed by atoms with E-state index in [-0.39, 0.29) is 46.8 Å². The van der Waals surface area contributed by atoms with Gasteiger partial charge in [-0.25, -0.2) is 22.7 Å². The maximum Gasteiger partial charge on any atom is 0.416 e. The van der Waals surface area contributed by atoms with Crippen LogP contribution in [0, 0.1) is 0 Å². The Morgan fingerprint density at radius 2 is 1.68 bits per heavy atom. The van der Waals surface area contributed by atoms with Crippen molar-refractivity contribution in [2.75, 3.05) is 11.5 Å². The summed E-state index contributed by atoms with van der Waals surface area (Å²) in [7, 11) is -3.24. The maximum absolute atomic E-state index is 13.5. The zero-order valence-corrected chi connectivity index (χ0v) is 22.9. The van der Waals surface area contributed by atoms with Gasteiger partial charge < -0.3 is 10.4 Å². The molecule has 0 unspecified atom stereocenters. The van der Waals surface area contributed by atoms with E-state index in [1.54, 1.807) is 31.2 Å². The summed E-state index contributed by atoms with van der Waals surface area (Å²) < 4.78 is 64.8. The minimum atomic E-state index is -4.58. The molecule has 0 atom stereocenters. The Hall–Kier alpha value is -3.97. The van der Waals surface area contributed by atoms with Crippen LogP contribution in [0.2, 0.25) is 5.02 Å². The molecule has 0 aliphatic carbocycles. The first-order valence-corrected chi connectivity index (χ1v) is 14.5. The Morgan fingerprint density at radius 1 is 1.05 bits per heavy atom. The number of alkyl halides is 3. The third-order valence-electron chi connectivity index (χ3n) is 7.07. The van der Waals surface area contributed by atoms with Crippen LogP contribution in [0.1, 0.15) is 46.2 Å². The molecule has 214 valence electrons. The first-order valence-electron chi connectivity index (χ1n) is 12.3. The Morgan fingerprint density at radius 3 is 2.27 bits per heavy atom. The van der Waals surface area contributed by atoms with Gasteiger partial charge in [0.1, 0.15) is 15.4 Å². The smallest absolute Gasteiger partial charge is 0.416 e. The number of carboxylic acids is 1. The van der Waals surface area contributed by atoms with Gasteiger partial charge in [-0.1, -0.05) is 41.9 Å². The fourth-order valence-corrected chi connectivity index (χ4v) is 6.73. The van der Waals surface area contributed by atoms with Gasteiger partial charge in [0.15, 0.2) is 11.3 Å². The number of amides is 1. The van der Waals surface area contributed by atoms with Crippen molar-refractivity contribution in [1.29, 1.82) is 0 Å². The van der Waals surface area contributed by atoms with Crippen LogP contribution in [0.25, 0.3) is 28.0 Å². The first-order chi connectivity index (χ1) is 19.2. The number of benzene rings is 2. The minimum Gasteiger partial charge on any atom is -0.476 e. The number of aromatic nitrogens is 3. The van der Waals surface area contributed by atoms with Gasteiger partial charge >= 0.3 is 12.1 Å². The zero-order chi connectivity index (χ0) is 29.7. The van der Waals surface area contributed by atoms with Crippen LogP contribution in [0.4, 0.5) is 13.2 Å². The topological polar surface area (TPSA) is 131 Å². The number of fused-ring (bicyclic) bond motifs is 1. The molecule has 4 aromatic rings. The van der Waals surface area contributed by atoms with Gasteiger partial charge in [0, 0.05) is 33.4 Å². The number of aromatic carboxylic acids is 1. The fourth-order valence-electron chi connectivity index (χ4n) is 4.77. The molecule has 14 heteroatoms. The summed E-state index contributed by atoms with van der Waals surface area (Å²) in [5.41, 5.74) is -1.80. The van der Waals surface area contributed by atoms with Crippen molar-refractivity contribution in [3.05, 3.63) is 76.6 Å². The molecule has 1 fully saturated rings. The second-order valence-electron chi connectivity index (χ2n) is 10.0. The molecule has 5 rings (SSSR count). The lowest BCUT2D eigenvalue weighted by Gasteiger charge is -2.34. The number of hydrogen-bond donors (Lipinski definition) is 2. The van der Waals surface area contributed by atoms with Crippen LogP contribution >= 0.6 is 11.6 Å². The molecule has 1 aliphatic heterocycles. The van der Waals surface area contributed by atoms with Crippen molar-refractivity contribution in [2.45, 2.75) is 31.5 Å². The van der Waals surface area contributed by atoms with Gasteiger partial charge in [0.25, 0.3) is 5.91 Å². The summed E-state index contributed by atoms with van der Waals surface area (Å²) in [6.07, 6.45) is -2.98. The molecule has 2 N–H and O–H groups in total. The van der Waals surface area contributed by atoms with E-state index < -0.39 is 44.7 Å². The average Bonchev–Trinajstić information content (AvgIpc) is 3.30. The fraction of sp³-hybridized carbons (Fsp3) is 0.259. The average molecular weight is 607 g/mol. The van der Waals surface area contributed by atoms with E-state index in [2.05, 4.69) is 15.4 Å². The van der Waals surface area contributed by atoms with Crippen LogP contribution in [0.5, 0.6) is 0 Å². The molecule has 3 heterocycles. The molecule has 0 saturated carbocycles. The number of nitrogens with zero attached hydrogens (tertiary/aromatic N) is 3. The number of hydrogen-bond acceptors (Lipinski definition) is 6. The lowest BCUT2D eigenvalue weighted by Crippen LogP contribution is -2.51. The molecule has 0 radical (unpaired) electrons. The third-order valence-corrected chi connectivity index (χ3v) is 9.05. The highest BCUT2D eigenvalue weighted by atomic mass is 35.5. The molecule has 0 spiro atoms. The highest BCUT2D eigenvalue weighted by molar-refractivity contribution is 7.91. The van der Waals surface area contributed by atoms with E-state index in [4.69, 9.17) is 11.6 Å². The second kappa shape index (κ2) is 10.1. The molecule has 1 saturated heterocycles. The van der Waals surface area contributed by atoms with Crippen molar-refractivity contribution in [2.24, 2.45) is 0 Å². The SMILES string of the molecule is CC1(NC(=O)c2c(C(=O)O)nn3c(-c4ccc(C(F)(F)F)cc4)c(-c4ccccc4Cl)cnc23)CCS(=O)(=O)CC1. The number of rotatable bonds is 5. The van der Waals surface area contributed by atoms with Crippen molar-refractivity contribution >= 4 is 39.0 Å². The van der Waals surface area contributed by atoms with Gasteiger partial charge in [0.2, 0.25) is 0 Å². The van der Waals surface area contributed by atoms with Gasteiger partial charge in [-0.3, -0.25) is 4.79 Å². The molecular formula is C27H22ClF3N4O5S. The normalized spacial score (nSPS) is 16.4. The van der Waals surface area contributed by atoms with Crippen molar-refractivity contribution < 1.29 is 36.3 Å². The summed E-state index contributed by atoms with van der Waals surface area (Å²) in [6.45, 7) is 1.67. The van der Waals surface area contributed by atoms with Crippen LogP contribution in [-0.2, 0) is 16.0 Å². The minimum absolute atomic E-state index is 0.129. The van der Waals surface area contributed by atoms with Gasteiger partial charge in [-0.2, -0.15) is 18.3 Å². The van der Waals surface area contributed by atoms with Gasteiger partial charge in [-0.15, -0.1) is 0 Å². The quantitative estimate of drug-likeness (QED) is 0.322. The van der Waals surface area contributed by atoms with Crippen LogP contribution < -0.4 is 5.32 Å². The van der Waals surface area contributed by atoms with E-state index in [9.17, 15) is 36.3 Å². The van der Waals surface area contributed by atoms with E-state index >= 15 is 0 Å². The predicted molar refractivity (Wildman–Crippen MR) is 145 cm³/mol. The molecule has 2 aromatic carbocycles. The first kappa shape index (κ1) is 28.6. The Balaban J connectivity index is 1.71. The summed E-state index contributed by atoms with van der Waals surface area (Å²) in [5.74, 6) is -2.63. The van der Waals surface area contributed by atoms with Gasteiger partial charge in [-0.05, 0) is 38.0 Å². The molecule has 9 nitrogen and oxygen atoms in total. The van der Waals surface area contributed by atoms with Crippen LogP contribution in [-0.4, -0.2) is 57.0 Å². The lowest BCUT2D eigenvalue weighted by atomic mass is 9.94. The highest BCUT2D eigenvalue weighted by Gasteiger charge is 2.37. The second-order valence-corrected chi connectivity index (χ2v) is 12.7. The standard InChI is InChI=1S/C27H22ClF3N4O5S/c1-26(10-12-41(39,40)13-11-26)33-24(36)20-21(25(37)38)34-35-22(15-6-8-16(9-7-15)27(29,30)31)18(14-32-23(20)35)17-4-2-3-5-19(17)28/h2-9,14H,10-13H2,1H3,(H,33,36)(H,37,38). The highest BCUT2D eigenvalue weighted by Crippen LogP contribution is 2.38. The van der Waals surface area contributed by atoms with Crippen molar-refractivity contribution in [3.63, 3.8) is 0 Å². The Bertz CT molecular complexity index is 1790. The molecule has 0 bridgehead atoms. The van der Waals surface area contributed by atoms with E-state index in [1.165, 1.54) is 18.3 Å². The largest absolute Gasteiger partial charge is 0.476 e. The number of halogens is 4. The zero-order valence-electron chi connectivity index (χ0n) is 21.4. The molecule has 1 aliphatic rings. The molecular weight excluding hydrogens is 585 g/mol. The Kier molecular flexibility index (Phi) is 7.06.